The van der Waals surface area contributed by atoms with Gasteiger partial charge in [0, 0.05) is 33.4 Å². The molecule has 0 aliphatic carbocycles. The Hall–Kier alpha value is -2.25. The molecule has 1 aromatic carbocycles. The standard InChI is InChI=1S/C16H11BrN2O3S/c17-13-3-1-10(2-4-13)7-12(8-14(20)21)16-18-15(19-22-16)11-5-6-23-9-11/h1-7,9H,8H2,(H,20,21)/p-1/b12-7+. The van der Waals surface area contributed by atoms with Crippen LogP contribution in [0.1, 0.15) is 17.9 Å². The molecular weight excluding hydrogens is 380 g/mol. The van der Waals surface area contributed by atoms with E-state index in [1.54, 1.807) is 6.08 Å². The van der Waals surface area contributed by atoms with Gasteiger partial charge in [0.2, 0.25) is 5.82 Å². The number of aromatic nitrogens is 2. The van der Waals surface area contributed by atoms with Crippen molar-refractivity contribution in [1.29, 1.82) is 0 Å². The predicted molar refractivity (Wildman–Crippen MR) is 89.2 cm³/mol. The molecule has 2 heterocycles. The molecule has 2 aromatic heterocycles. The van der Waals surface area contributed by atoms with Crippen molar-refractivity contribution in [3.8, 4) is 11.4 Å². The van der Waals surface area contributed by atoms with Crippen LogP contribution in [-0.4, -0.2) is 16.1 Å². The van der Waals surface area contributed by atoms with E-state index in [9.17, 15) is 9.90 Å². The Kier molecular flexibility index (Phi) is 4.68. The largest absolute Gasteiger partial charge is 0.550 e. The van der Waals surface area contributed by atoms with E-state index in [1.807, 2.05) is 41.1 Å². The highest BCUT2D eigenvalue weighted by molar-refractivity contribution is 9.10. The van der Waals surface area contributed by atoms with E-state index >= 15 is 0 Å². The van der Waals surface area contributed by atoms with E-state index in [-0.39, 0.29) is 12.3 Å². The summed E-state index contributed by atoms with van der Waals surface area (Å²) in [4.78, 5) is 15.3. The predicted octanol–water partition coefficient (Wildman–Crippen LogP) is 3.24. The average molecular weight is 390 g/mol. The van der Waals surface area contributed by atoms with Crippen LogP contribution < -0.4 is 5.11 Å². The molecular formula is C16H10BrN2O3S-. The van der Waals surface area contributed by atoms with E-state index in [4.69, 9.17) is 4.52 Å². The molecule has 0 N–H and O–H groups in total. The summed E-state index contributed by atoms with van der Waals surface area (Å²) in [5.74, 6) is -0.594. The number of halogens is 1. The fourth-order valence-corrected chi connectivity index (χ4v) is 2.87. The van der Waals surface area contributed by atoms with Crippen LogP contribution in [0, 0.1) is 0 Å². The van der Waals surface area contributed by atoms with Crippen molar-refractivity contribution in [2.45, 2.75) is 6.42 Å². The number of hydrogen-bond acceptors (Lipinski definition) is 6. The highest BCUT2D eigenvalue weighted by Crippen LogP contribution is 2.25. The topological polar surface area (TPSA) is 79.0 Å². The van der Waals surface area contributed by atoms with Crippen LogP contribution in [0.4, 0.5) is 0 Å². The van der Waals surface area contributed by atoms with Crippen molar-refractivity contribution in [3.63, 3.8) is 0 Å². The first-order valence-corrected chi connectivity index (χ1v) is 8.38. The van der Waals surface area contributed by atoms with Gasteiger partial charge in [-0.1, -0.05) is 33.2 Å². The second kappa shape index (κ2) is 6.89. The van der Waals surface area contributed by atoms with Gasteiger partial charge in [-0.2, -0.15) is 16.3 Å². The van der Waals surface area contributed by atoms with E-state index < -0.39 is 5.97 Å². The zero-order valence-corrected chi connectivity index (χ0v) is 14.1. The summed E-state index contributed by atoms with van der Waals surface area (Å²) in [5, 5.41) is 18.7. The summed E-state index contributed by atoms with van der Waals surface area (Å²) >= 11 is 4.88. The number of nitrogens with zero attached hydrogens (tertiary/aromatic N) is 2. The summed E-state index contributed by atoms with van der Waals surface area (Å²) < 4.78 is 6.16. The smallest absolute Gasteiger partial charge is 0.254 e. The van der Waals surface area contributed by atoms with Gasteiger partial charge < -0.3 is 14.4 Å². The van der Waals surface area contributed by atoms with E-state index in [1.165, 1.54) is 11.3 Å². The lowest BCUT2D eigenvalue weighted by molar-refractivity contribution is -0.304. The molecule has 0 bridgehead atoms. The first-order chi connectivity index (χ1) is 11.1. The lowest BCUT2D eigenvalue weighted by Gasteiger charge is -2.04. The SMILES string of the molecule is O=C([O-])C/C(=C\c1ccc(Br)cc1)c1nc(-c2ccsc2)no1. The number of aliphatic carboxylic acids is 1. The minimum atomic E-state index is -1.20. The monoisotopic (exact) mass is 389 g/mol. The number of hydrogen-bond donors (Lipinski definition) is 0. The zero-order chi connectivity index (χ0) is 16.2. The summed E-state index contributed by atoms with van der Waals surface area (Å²) in [6, 6.07) is 9.32. The number of carboxylic acids is 1. The van der Waals surface area contributed by atoms with Crippen molar-refractivity contribution >= 4 is 44.9 Å². The van der Waals surface area contributed by atoms with Crippen LogP contribution in [0.5, 0.6) is 0 Å². The molecule has 116 valence electrons. The van der Waals surface area contributed by atoms with E-state index in [0.29, 0.717) is 11.4 Å². The van der Waals surface area contributed by atoms with Crippen molar-refractivity contribution in [3.05, 3.63) is 57.0 Å². The number of carboxylic acid groups (broad SMARTS) is 1. The second-order valence-electron chi connectivity index (χ2n) is 4.71. The minimum absolute atomic E-state index is 0.179. The molecule has 0 saturated carbocycles. The van der Waals surface area contributed by atoms with Crippen molar-refractivity contribution < 1.29 is 14.4 Å². The van der Waals surface area contributed by atoms with Gasteiger partial charge >= 0.3 is 0 Å². The maximum Gasteiger partial charge on any atom is 0.254 e. The fourth-order valence-electron chi connectivity index (χ4n) is 1.97. The molecule has 0 aliphatic rings. The lowest BCUT2D eigenvalue weighted by Crippen LogP contribution is -2.22. The molecule has 0 amide bonds. The van der Waals surface area contributed by atoms with E-state index in [2.05, 4.69) is 26.1 Å². The normalized spacial score (nSPS) is 11.6. The number of thiophene rings is 1. The first-order valence-electron chi connectivity index (χ1n) is 6.64. The van der Waals surface area contributed by atoms with Crippen molar-refractivity contribution in [2.24, 2.45) is 0 Å². The molecule has 5 nitrogen and oxygen atoms in total. The van der Waals surface area contributed by atoms with Gasteiger partial charge in [-0.05, 0) is 35.2 Å². The van der Waals surface area contributed by atoms with Gasteiger partial charge in [-0.3, -0.25) is 0 Å². The van der Waals surface area contributed by atoms with Crippen LogP contribution in [0.15, 0.2) is 50.1 Å². The summed E-state index contributed by atoms with van der Waals surface area (Å²) in [7, 11) is 0. The molecule has 23 heavy (non-hydrogen) atoms. The summed E-state index contributed by atoms with van der Waals surface area (Å²) in [5.41, 5.74) is 2.07. The van der Waals surface area contributed by atoms with Crippen molar-refractivity contribution in [1.82, 2.24) is 10.1 Å². The van der Waals surface area contributed by atoms with Gasteiger partial charge in [0.1, 0.15) is 0 Å². The third-order valence-corrected chi connectivity index (χ3v) is 4.24. The molecule has 0 aliphatic heterocycles. The molecule has 3 aromatic rings. The number of benzene rings is 1. The summed E-state index contributed by atoms with van der Waals surface area (Å²) in [6.07, 6.45) is 1.40. The van der Waals surface area contributed by atoms with Gasteiger partial charge in [-0.15, -0.1) is 0 Å². The molecule has 0 unspecified atom stereocenters. The number of rotatable bonds is 5. The Balaban J connectivity index is 1.96. The molecule has 0 fully saturated rings. The zero-order valence-electron chi connectivity index (χ0n) is 11.7. The summed E-state index contributed by atoms with van der Waals surface area (Å²) in [6.45, 7) is 0. The van der Waals surface area contributed by atoms with Crippen LogP contribution in [0.25, 0.3) is 23.0 Å². The highest BCUT2D eigenvalue weighted by Gasteiger charge is 2.13. The molecule has 7 heteroatoms. The fraction of sp³-hybridized carbons (Fsp3) is 0.0625. The van der Waals surface area contributed by atoms with Gasteiger partial charge in [-0.25, -0.2) is 0 Å². The van der Waals surface area contributed by atoms with Crippen LogP contribution in [-0.2, 0) is 4.79 Å². The molecule has 0 atom stereocenters. The molecule has 3 rings (SSSR count). The Bertz CT molecular complexity index is 839. The van der Waals surface area contributed by atoms with Gasteiger partial charge in [0.25, 0.3) is 5.89 Å². The Labute approximate surface area is 144 Å². The van der Waals surface area contributed by atoms with Crippen molar-refractivity contribution in [2.75, 3.05) is 0 Å². The van der Waals surface area contributed by atoms with Crippen LogP contribution >= 0.6 is 27.3 Å². The molecule has 0 spiro atoms. The molecule has 0 saturated heterocycles. The lowest BCUT2D eigenvalue weighted by atomic mass is 10.1. The van der Waals surface area contributed by atoms with E-state index in [0.717, 1.165) is 15.6 Å². The maximum atomic E-state index is 11.0. The third-order valence-electron chi connectivity index (χ3n) is 3.03. The minimum Gasteiger partial charge on any atom is -0.550 e. The van der Waals surface area contributed by atoms with Crippen LogP contribution in [0.2, 0.25) is 0 Å². The Morgan fingerprint density at radius 3 is 2.74 bits per heavy atom. The quantitative estimate of drug-likeness (QED) is 0.668. The second-order valence-corrected chi connectivity index (χ2v) is 6.40. The third kappa shape index (κ3) is 3.94. The maximum absolute atomic E-state index is 11.0. The Morgan fingerprint density at radius 1 is 1.30 bits per heavy atom. The van der Waals surface area contributed by atoms with Crippen LogP contribution in [0.3, 0.4) is 0 Å². The highest BCUT2D eigenvalue weighted by atomic mass is 79.9. The number of carbonyl (C=O) groups excluding carboxylic acids is 1. The number of carbonyl (C=O) groups is 1. The Morgan fingerprint density at radius 2 is 2.09 bits per heavy atom. The van der Waals surface area contributed by atoms with Gasteiger partial charge in [0.05, 0.1) is 0 Å². The molecule has 0 radical (unpaired) electrons. The van der Waals surface area contributed by atoms with Gasteiger partial charge in [0.15, 0.2) is 0 Å². The average Bonchev–Trinajstić information content (AvgIpc) is 3.19. The first kappa shape index (κ1) is 15.6.